The van der Waals surface area contributed by atoms with Gasteiger partial charge in [0.1, 0.15) is 5.75 Å². The molecule has 2 amide bonds. The molecule has 0 radical (unpaired) electrons. The van der Waals surface area contributed by atoms with E-state index in [0.717, 1.165) is 0 Å². The molecular formula is C25H21BrClN3O6. The molecule has 0 saturated carbocycles. The third-order valence-corrected chi connectivity index (χ3v) is 5.54. The minimum absolute atomic E-state index is 0.211. The number of hydrazone groups is 1. The first kappa shape index (κ1) is 26.7. The summed E-state index contributed by atoms with van der Waals surface area (Å²) in [6.07, 6.45) is 1.31. The highest BCUT2D eigenvalue weighted by atomic mass is 79.9. The summed E-state index contributed by atoms with van der Waals surface area (Å²) in [7, 11) is 2.95. The van der Waals surface area contributed by atoms with Crippen molar-refractivity contribution in [3.8, 4) is 17.2 Å². The van der Waals surface area contributed by atoms with Crippen LogP contribution in [-0.4, -0.2) is 44.8 Å². The highest BCUT2D eigenvalue weighted by Crippen LogP contribution is 2.27. The van der Waals surface area contributed by atoms with Gasteiger partial charge in [-0.25, -0.2) is 10.2 Å². The summed E-state index contributed by atoms with van der Waals surface area (Å²) in [5.74, 6) is -0.604. The first-order valence-electron chi connectivity index (χ1n) is 10.4. The summed E-state index contributed by atoms with van der Waals surface area (Å²) in [4.78, 5) is 37.0. The summed E-state index contributed by atoms with van der Waals surface area (Å²) in [6.45, 7) is -0.322. The van der Waals surface area contributed by atoms with Gasteiger partial charge in [-0.1, -0.05) is 39.7 Å². The van der Waals surface area contributed by atoms with Crippen LogP contribution in [0.4, 0.5) is 0 Å². The lowest BCUT2D eigenvalue weighted by Gasteiger charge is -2.10. The van der Waals surface area contributed by atoms with E-state index in [1.54, 1.807) is 54.6 Å². The van der Waals surface area contributed by atoms with Gasteiger partial charge in [0.25, 0.3) is 11.8 Å². The summed E-state index contributed by atoms with van der Waals surface area (Å²) in [5, 5.41) is 6.65. The highest BCUT2D eigenvalue weighted by Gasteiger charge is 2.15. The number of carbonyl (C=O) groups excluding carboxylic acids is 3. The SMILES string of the molecule is COc1ccc(C(=O)NCC(=O)NN=Cc2cc(Br)ccc2OC(=O)c2ccccc2Cl)cc1OC. The summed E-state index contributed by atoms with van der Waals surface area (Å²) in [5.41, 5.74) is 3.24. The number of carbonyl (C=O) groups is 3. The minimum atomic E-state index is -0.639. The molecule has 0 atom stereocenters. The molecule has 36 heavy (non-hydrogen) atoms. The van der Waals surface area contributed by atoms with Crippen LogP contribution in [0.3, 0.4) is 0 Å². The van der Waals surface area contributed by atoms with E-state index in [-0.39, 0.29) is 22.9 Å². The molecule has 3 rings (SSSR count). The van der Waals surface area contributed by atoms with Crippen molar-refractivity contribution in [2.24, 2.45) is 5.10 Å². The number of hydrogen-bond donors (Lipinski definition) is 2. The van der Waals surface area contributed by atoms with E-state index in [1.807, 2.05) is 0 Å². The molecular weight excluding hydrogens is 554 g/mol. The van der Waals surface area contributed by atoms with Gasteiger partial charge in [-0.2, -0.15) is 5.10 Å². The molecule has 0 aliphatic rings. The number of ether oxygens (including phenoxy) is 3. The quantitative estimate of drug-likeness (QED) is 0.171. The number of hydrogen-bond acceptors (Lipinski definition) is 7. The van der Waals surface area contributed by atoms with Gasteiger partial charge in [0.15, 0.2) is 11.5 Å². The first-order valence-corrected chi connectivity index (χ1v) is 11.6. The van der Waals surface area contributed by atoms with E-state index in [9.17, 15) is 14.4 Å². The number of methoxy groups -OCH3 is 2. The van der Waals surface area contributed by atoms with Crippen molar-refractivity contribution in [1.82, 2.24) is 10.7 Å². The van der Waals surface area contributed by atoms with Crippen LogP contribution >= 0.6 is 27.5 Å². The van der Waals surface area contributed by atoms with Crippen LogP contribution in [0.15, 0.2) is 70.2 Å². The van der Waals surface area contributed by atoms with Crippen molar-refractivity contribution in [2.75, 3.05) is 20.8 Å². The molecule has 0 spiro atoms. The van der Waals surface area contributed by atoms with E-state index >= 15 is 0 Å². The van der Waals surface area contributed by atoms with Crippen molar-refractivity contribution in [2.45, 2.75) is 0 Å². The van der Waals surface area contributed by atoms with E-state index in [1.165, 1.54) is 26.5 Å². The Kier molecular flexibility index (Phi) is 9.43. The second kappa shape index (κ2) is 12.7. The lowest BCUT2D eigenvalue weighted by atomic mass is 10.2. The fraction of sp³-hybridized carbons (Fsp3) is 0.120. The Morgan fingerprint density at radius 2 is 1.69 bits per heavy atom. The van der Waals surface area contributed by atoms with Crippen LogP contribution in [0.1, 0.15) is 26.3 Å². The number of rotatable bonds is 9. The molecule has 0 unspecified atom stereocenters. The second-order valence-corrected chi connectivity index (χ2v) is 8.42. The monoisotopic (exact) mass is 573 g/mol. The van der Waals surface area contributed by atoms with Crippen LogP contribution in [0.5, 0.6) is 17.2 Å². The molecule has 186 valence electrons. The van der Waals surface area contributed by atoms with Crippen LogP contribution in [0.2, 0.25) is 5.02 Å². The lowest BCUT2D eigenvalue weighted by Crippen LogP contribution is -2.34. The number of amides is 2. The Morgan fingerprint density at radius 3 is 2.42 bits per heavy atom. The van der Waals surface area contributed by atoms with Gasteiger partial charge in [0.05, 0.1) is 37.6 Å². The topological polar surface area (TPSA) is 115 Å². The summed E-state index contributed by atoms with van der Waals surface area (Å²) >= 11 is 9.41. The zero-order valence-electron chi connectivity index (χ0n) is 19.2. The van der Waals surface area contributed by atoms with Crippen LogP contribution in [-0.2, 0) is 4.79 Å². The number of benzene rings is 3. The molecule has 0 bridgehead atoms. The second-order valence-electron chi connectivity index (χ2n) is 7.10. The van der Waals surface area contributed by atoms with Crippen molar-refractivity contribution >= 4 is 51.5 Å². The van der Waals surface area contributed by atoms with Gasteiger partial charge in [0.2, 0.25) is 0 Å². The average molecular weight is 575 g/mol. The normalized spacial score (nSPS) is 10.6. The fourth-order valence-corrected chi connectivity index (χ4v) is 3.54. The van der Waals surface area contributed by atoms with E-state index in [2.05, 4.69) is 31.8 Å². The Morgan fingerprint density at radius 1 is 0.972 bits per heavy atom. The highest BCUT2D eigenvalue weighted by molar-refractivity contribution is 9.10. The Balaban J connectivity index is 1.60. The molecule has 2 N–H and O–H groups in total. The van der Waals surface area contributed by atoms with Crippen LogP contribution in [0.25, 0.3) is 0 Å². The third kappa shape index (κ3) is 7.06. The van der Waals surface area contributed by atoms with Gasteiger partial charge >= 0.3 is 5.97 Å². The molecule has 0 aliphatic heterocycles. The predicted molar refractivity (Wildman–Crippen MR) is 138 cm³/mol. The van der Waals surface area contributed by atoms with Crippen molar-refractivity contribution in [3.05, 3.63) is 86.8 Å². The average Bonchev–Trinajstić information content (AvgIpc) is 2.88. The van der Waals surface area contributed by atoms with Gasteiger partial charge in [-0.3, -0.25) is 9.59 Å². The molecule has 0 saturated heterocycles. The van der Waals surface area contributed by atoms with E-state index < -0.39 is 17.8 Å². The largest absolute Gasteiger partial charge is 0.493 e. The van der Waals surface area contributed by atoms with Crippen molar-refractivity contribution in [1.29, 1.82) is 0 Å². The standard InChI is InChI=1S/C25H21BrClN3O6/c1-34-21-9-7-15(12-22(21)35-2)24(32)28-14-23(31)30-29-13-16-11-17(26)8-10-20(16)36-25(33)18-5-3-4-6-19(18)27/h3-13H,14H2,1-2H3,(H,28,32)(H,30,31). The molecule has 0 heterocycles. The summed E-state index contributed by atoms with van der Waals surface area (Å²) in [6, 6.07) is 16.1. The van der Waals surface area contributed by atoms with Gasteiger partial charge in [-0.15, -0.1) is 0 Å². The number of halogens is 2. The third-order valence-electron chi connectivity index (χ3n) is 4.72. The van der Waals surface area contributed by atoms with Gasteiger partial charge < -0.3 is 19.5 Å². The molecule has 0 aliphatic carbocycles. The first-order chi connectivity index (χ1) is 17.3. The number of nitrogens with one attached hydrogen (secondary N) is 2. The minimum Gasteiger partial charge on any atom is -0.493 e. The number of nitrogens with zero attached hydrogens (tertiary/aromatic N) is 1. The molecule has 3 aromatic carbocycles. The Hall–Kier alpha value is -3.89. The van der Waals surface area contributed by atoms with E-state index in [0.29, 0.717) is 27.1 Å². The van der Waals surface area contributed by atoms with Crippen molar-refractivity contribution < 1.29 is 28.6 Å². The molecule has 0 aromatic heterocycles. The molecule has 3 aromatic rings. The fourth-order valence-electron chi connectivity index (χ4n) is 2.95. The molecule has 11 heteroatoms. The zero-order valence-corrected chi connectivity index (χ0v) is 21.6. The Labute approximate surface area is 220 Å². The maximum Gasteiger partial charge on any atom is 0.345 e. The van der Waals surface area contributed by atoms with Crippen LogP contribution in [0, 0.1) is 0 Å². The maximum absolute atomic E-state index is 12.5. The van der Waals surface area contributed by atoms with E-state index in [4.69, 9.17) is 25.8 Å². The Bertz CT molecular complexity index is 1310. The molecule has 9 nitrogen and oxygen atoms in total. The predicted octanol–water partition coefficient (Wildman–Crippen LogP) is 4.22. The summed E-state index contributed by atoms with van der Waals surface area (Å²) < 4.78 is 16.5. The van der Waals surface area contributed by atoms with Gasteiger partial charge in [-0.05, 0) is 48.5 Å². The van der Waals surface area contributed by atoms with Crippen molar-refractivity contribution in [3.63, 3.8) is 0 Å². The molecule has 0 fully saturated rings. The smallest absolute Gasteiger partial charge is 0.345 e. The zero-order chi connectivity index (χ0) is 26.1. The maximum atomic E-state index is 12.5. The lowest BCUT2D eigenvalue weighted by molar-refractivity contribution is -0.120. The van der Waals surface area contributed by atoms with Crippen LogP contribution < -0.4 is 25.0 Å². The van der Waals surface area contributed by atoms with Gasteiger partial charge in [0, 0.05) is 15.6 Å². The number of esters is 1.